The quantitative estimate of drug-likeness (QED) is 0.0556. The molecule has 0 unspecified atom stereocenters. The minimum absolute atomic E-state index is 0.266. The summed E-state index contributed by atoms with van der Waals surface area (Å²) in [6, 6.07) is 0. The topological polar surface area (TPSA) is 78.8 Å². The number of unbranched alkanes of at least 4 members (excludes halogenated alkanes) is 20. The third-order valence-corrected chi connectivity index (χ3v) is 5.86. The summed E-state index contributed by atoms with van der Waals surface area (Å²) < 4.78 is 0. The highest BCUT2D eigenvalue weighted by Crippen LogP contribution is 2.15. The third kappa shape index (κ3) is 24.8. The lowest BCUT2D eigenvalue weighted by atomic mass is 10.0. The van der Waals surface area contributed by atoms with Crippen molar-refractivity contribution >= 4 is 12.0 Å². The van der Waals surface area contributed by atoms with Gasteiger partial charge in [-0.05, 0) is 12.8 Å². The highest BCUT2D eigenvalue weighted by Gasteiger charge is 1.98. The number of hydrogen-bond acceptors (Lipinski definition) is 4. The lowest BCUT2D eigenvalue weighted by Gasteiger charge is -2.04. The summed E-state index contributed by atoms with van der Waals surface area (Å²) in [5, 5.41) is 8.41. The molecule has 0 spiro atoms. The zero-order valence-corrected chi connectivity index (χ0v) is 19.5. The van der Waals surface area contributed by atoms with Crippen molar-refractivity contribution in [2.24, 2.45) is 4.99 Å². The van der Waals surface area contributed by atoms with Gasteiger partial charge >= 0.3 is 0 Å². The molecule has 0 aliphatic carbocycles. The van der Waals surface area contributed by atoms with E-state index < -0.39 is 0 Å². The number of nitrogens with one attached hydrogen (secondary N) is 1. The van der Waals surface area contributed by atoms with Crippen LogP contribution in [0.4, 0.5) is 0 Å². The van der Waals surface area contributed by atoms with Crippen molar-refractivity contribution in [3.8, 4) is 0 Å². The van der Waals surface area contributed by atoms with Crippen molar-refractivity contribution in [1.82, 2.24) is 5.48 Å². The molecule has 176 valence electrons. The van der Waals surface area contributed by atoms with Crippen LogP contribution in [-0.2, 0) is 9.59 Å². The molecule has 5 heteroatoms. The summed E-state index contributed by atoms with van der Waals surface area (Å²) in [6.45, 7) is 0.653. The smallest absolute Gasteiger partial charge is 0.243 e. The molecule has 5 nitrogen and oxygen atoms in total. The lowest BCUT2D eigenvalue weighted by Crippen LogP contribution is -2.17. The summed E-state index contributed by atoms with van der Waals surface area (Å²) in [5.41, 5.74) is 1.68. The van der Waals surface area contributed by atoms with E-state index in [-0.39, 0.29) is 5.91 Å². The zero-order valence-electron chi connectivity index (χ0n) is 19.5. The molecule has 0 heterocycles. The van der Waals surface area contributed by atoms with Crippen LogP contribution >= 0.6 is 0 Å². The Bertz CT molecular complexity index is 409. The highest BCUT2D eigenvalue weighted by atomic mass is 16.5. The first kappa shape index (κ1) is 28.8. The molecule has 0 aliphatic heterocycles. The molecule has 0 atom stereocenters. The average Bonchev–Trinajstić information content (AvgIpc) is 2.76. The van der Waals surface area contributed by atoms with Gasteiger partial charge in [0.25, 0.3) is 0 Å². The van der Waals surface area contributed by atoms with Gasteiger partial charge in [-0.3, -0.25) is 10.0 Å². The van der Waals surface area contributed by atoms with Gasteiger partial charge in [-0.2, -0.15) is 0 Å². The Morgan fingerprint density at radius 3 is 1.17 bits per heavy atom. The standard InChI is InChI=1S/C25H48N2O3/c28-24-26-23-21-19-17-15-13-11-9-7-5-3-1-2-4-6-8-10-12-14-16-18-20-22-25(29)27-30/h30H,1-23H2,(H,27,29). The van der Waals surface area contributed by atoms with Gasteiger partial charge in [0.1, 0.15) is 0 Å². The van der Waals surface area contributed by atoms with E-state index in [1.165, 1.54) is 116 Å². The molecular weight excluding hydrogens is 376 g/mol. The summed E-state index contributed by atoms with van der Waals surface area (Å²) in [5.74, 6) is -0.266. The molecule has 0 aliphatic rings. The van der Waals surface area contributed by atoms with Gasteiger partial charge in [-0.1, -0.05) is 122 Å². The normalized spacial score (nSPS) is 10.7. The van der Waals surface area contributed by atoms with Crippen LogP contribution in [0.15, 0.2) is 4.99 Å². The number of carbonyl (C=O) groups is 1. The number of amides is 1. The van der Waals surface area contributed by atoms with Crippen molar-refractivity contribution in [1.29, 1.82) is 0 Å². The SMILES string of the molecule is O=C=NCCCCCCCCCCCCCCCCCCCCCCCC(=O)NO. The Morgan fingerprint density at radius 1 is 0.567 bits per heavy atom. The largest absolute Gasteiger partial charge is 0.289 e. The Morgan fingerprint density at radius 2 is 0.867 bits per heavy atom. The molecule has 0 rings (SSSR count). The molecule has 0 aromatic carbocycles. The summed E-state index contributed by atoms with van der Waals surface area (Å²) in [4.78, 5) is 24.4. The number of hydrogen-bond donors (Lipinski definition) is 2. The fraction of sp³-hybridized carbons (Fsp3) is 0.920. The summed E-state index contributed by atoms with van der Waals surface area (Å²) in [7, 11) is 0. The van der Waals surface area contributed by atoms with Crippen molar-refractivity contribution in [2.45, 2.75) is 141 Å². The maximum Gasteiger partial charge on any atom is 0.243 e. The van der Waals surface area contributed by atoms with Crippen LogP contribution in [-0.4, -0.2) is 23.7 Å². The van der Waals surface area contributed by atoms with E-state index in [1.807, 2.05) is 0 Å². The first-order valence-electron chi connectivity index (χ1n) is 12.8. The minimum atomic E-state index is -0.266. The predicted octanol–water partition coefficient (Wildman–Crippen LogP) is 7.41. The number of nitrogens with zero attached hydrogens (tertiary/aromatic N) is 1. The minimum Gasteiger partial charge on any atom is -0.289 e. The molecule has 2 N–H and O–H groups in total. The van der Waals surface area contributed by atoms with Crippen LogP contribution < -0.4 is 5.48 Å². The number of carbonyl (C=O) groups excluding carboxylic acids is 2. The Kier molecular flexibility index (Phi) is 24.8. The van der Waals surface area contributed by atoms with Gasteiger partial charge in [0, 0.05) is 6.42 Å². The first-order valence-corrected chi connectivity index (χ1v) is 12.8. The Labute approximate surface area is 185 Å². The van der Waals surface area contributed by atoms with E-state index in [2.05, 4.69) is 4.99 Å². The van der Waals surface area contributed by atoms with E-state index in [4.69, 9.17) is 5.21 Å². The van der Waals surface area contributed by atoms with E-state index >= 15 is 0 Å². The molecule has 0 aromatic heterocycles. The second kappa shape index (κ2) is 25.8. The van der Waals surface area contributed by atoms with Crippen molar-refractivity contribution in [3.05, 3.63) is 0 Å². The molecule has 0 bridgehead atoms. The number of hydroxylamine groups is 1. The zero-order chi connectivity index (χ0) is 22.0. The molecule has 0 aromatic rings. The van der Waals surface area contributed by atoms with Crippen LogP contribution in [0.3, 0.4) is 0 Å². The van der Waals surface area contributed by atoms with E-state index in [9.17, 15) is 9.59 Å². The van der Waals surface area contributed by atoms with Crippen LogP contribution in [0.5, 0.6) is 0 Å². The van der Waals surface area contributed by atoms with Gasteiger partial charge in [0.15, 0.2) is 0 Å². The van der Waals surface area contributed by atoms with Crippen molar-refractivity contribution in [2.75, 3.05) is 6.54 Å². The van der Waals surface area contributed by atoms with E-state index in [0.717, 1.165) is 19.3 Å². The maximum absolute atomic E-state index is 10.9. The number of isocyanates is 1. The number of rotatable bonds is 24. The third-order valence-electron chi connectivity index (χ3n) is 5.86. The van der Waals surface area contributed by atoms with Crippen LogP contribution in [0, 0.1) is 0 Å². The second-order valence-electron chi connectivity index (χ2n) is 8.68. The Hall–Kier alpha value is -1.19. The predicted molar refractivity (Wildman–Crippen MR) is 124 cm³/mol. The van der Waals surface area contributed by atoms with E-state index in [0.29, 0.717) is 13.0 Å². The average molecular weight is 425 g/mol. The van der Waals surface area contributed by atoms with Crippen molar-refractivity contribution < 1.29 is 14.8 Å². The molecule has 30 heavy (non-hydrogen) atoms. The van der Waals surface area contributed by atoms with Gasteiger partial charge in [-0.25, -0.2) is 15.3 Å². The van der Waals surface area contributed by atoms with Gasteiger partial charge < -0.3 is 0 Å². The molecular formula is C25H48N2O3. The molecule has 0 fully saturated rings. The van der Waals surface area contributed by atoms with E-state index in [1.54, 1.807) is 11.6 Å². The van der Waals surface area contributed by atoms with Crippen LogP contribution in [0.25, 0.3) is 0 Å². The van der Waals surface area contributed by atoms with Gasteiger partial charge in [-0.15, -0.1) is 0 Å². The molecule has 0 radical (unpaired) electrons. The van der Waals surface area contributed by atoms with Gasteiger partial charge in [0.05, 0.1) is 6.54 Å². The van der Waals surface area contributed by atoms with Crippen LogP contribution in [0.2, 0.25) is 0 Å². The highest BCUT2D eigenvalue weighted by molar-refractivity contribution is 5.74. The van der Waals surface area contributed by atoms with Crippen LogP contribution in [0.1, 0.15) is 141 Å². The summed E-state index contributed by atoms with van der Waals surface area (Å²) in [6.07, 6.45) is 29.3. The molecule has 0 saturated carbocycles. The summed E-state index contributed by atoms with van der Waals surface area (Å²) >= 11 is 0. The van der Waals surface area contributed by atoms with Crippen molar-refractivity contribution in [3.63, 3.8) is 0 Å². The Balaban J connectivity index is 3.03. The lowest BCUT2D eigenvalue weighted by molar-refractivity contribution is -0.129. The maximum atomic E-state index is 10.9. The van der Waals surface area contributed by atoms with Gasteiger partial charge in [0.2, 0.25) is 12.0 Å². The molecule has 0 saturated heterocycles. The second-order valence-corrected chi connectivity index (χ2v) is 8.68. The fourth-order valence-corrected chi connectivity index (χ4v) is 3.94. The number of aliphatic imine (C=N–C) groups is 1. The monoisotopic (exact) mass is 424 g/mol. The first-order chi connectivity index (χ1) is 14.8. The molecule has 1 amide bonds. The fourth-order valence-electron chi connectivity index (χ4n) is 3.94.